The number of phenols is 1. The van der Waals surface area contributed by atoms with Gasteiger partial charge in [0.25, 0.3) is 0 Å². The highest BCUT2D eigenvalue weighted by atomic mass is 35.5. The average Bonchev–Trinajstić information content (AvgIpc) is 3.40. The van der Waals surface area contributed by atoms with Crippen LogP contribution < -0.4 is 4.90 Å². The van der Waals surface area contributed by atoms with Gasteiger partial charge in [-0.1, -0.05) is 61.3 Å². The summed E-state index contributed by atoms with van der Waals surface area (Å²) in [5, 5.41) is 20.1. The van der Waals surface area contributed by atoms with Gasteiger partial charge in [0.15, 0.2) is 0 Å². The zero-order valence-corrected chi connectivity index (χ0v) is 20.7. The molecule has 1 aliphatic rings. The van der Waals surface area contributed by atoms with Gasteiger partial charge in [-0.05, 0) is 66.4 Å². The predicted molar refractivity (Wildman–Crippen MR) is 141 cm³/mol. The second-order valence-electron chi connectivity index (χ2n) is 9.13. The fourth-order valence-corrected chi connectivity index (χ4v) is 4.63. The Bertz CT molecular complexity index is 1280. The molecule has 1 saturated carbocycles. The summed E-state index contributed by atoms with van der Waals surface area (Å²) >= 11 is 5.92. The number of rotatable bonds is 7. The minimum Gasteiger partial charge on any atom is -0.507 e. The van der Waals surface area contributed by atoms with Gasteiger partial charge in [-0.3, -0.25) is 4.79 Å². The molecule has 0 radical (unpaired) electrons. The monoisotopic (exact) mass is 501 g/mol. The Kier molecular flexibility index (Phi) is 8.30. The third-order valence-electron chi connectivity index (χ3n) is 6.56. The second-order valence-corrected chi connectivity index (χ2v) is 9.57. The fraction of sp³-hybridized carbons (Fsp3) is 0.267. The number of benzene rings is 3. The first kappa shape index (κ1) is 25.3. The lowest BCUT2D eigenvalue weighted by molar-refractivity contribution is -0.119. The molecule has 1 fully saturated rings. The first-order valence-corrected chi connectivity index (χ1v) is 12.5. The molecule has 3 aromatic carbocycles. The van der Waals surface area contributed by atoms with Crippen molar-refractivity contribution in [1.29, 1.82) is 0 Å². The lowest BCUT2D eigenvalue weighted by atomic mass is 10.0. The summed E-state index contributed by atoms with van der Waals surface area (Å²) in [6.45, 7) is 0.306. The second kappa shape index (κ2) is 11.8. The highest BCUT2D eigenvalue weighted by Gasteiger charge is 2.22. The maximum Gasteiger partial charge on any atom is 0.339 e. The zero-order valence-electron chi connectivity index (χ0n) is 19.9. The van der Waals surface area contributed by atoms with E-state index in [2.05, 4.69) is 11.8 Å². The molecule has 1 aliphatic carbocycles. The molecular weight excluding hydrogens is 474 g/mol. The first-order chi connectivity index (χ1) is 17.4. The van der Waals surface area contributed by atoms with Crippen molar-refractivity contribution >= 4 is 29.2 Å². The largest absolute Gasteiger partial charge is 0.507 e. The third-order valence-corrected chi connectivity index (χ3v) is 6.81. The lowest BCUT2D eigenvalue weighted by Gasteiger charge is -2.24. The molecular formula is C30H28ClNO4. The predicted octanol–water partition coefficient (Wildman–Crippen LogP) is 6.65. The number of anilines is 1. The minimum absolute atomic E-state index is 0.0454. The number of carboxylic acids is 1. The Morgan fingerprint density at radius 3 is 2.11 bits per heavy atom. The fourth-order valence-electron chi connectivity index (χ4n) is 4.51. The van der Waals surface area contributed by atoms with Crippen molar-refractivity contribution < 1.29 is 19.8 Å². The van der Waals surface area contributed by atoms with Gasteiger partial charge in [-0.2, -0.15) is 0 Å². The normalized spacial score (nSPS) is 13.1. The van der Waals surface area contributed by atoms with Gasteiger partial charge in [-0.25, -0.2) is 4.79 Å². The van der Waals surface area contributed by atoms with E-state index in [0.717, 1.165) is 23.1 Å². The number of hydrogen-bond acceptors (Lipinski definition) is 3. The Morgan fingerprint density at radius 1 is 0.917 bits per heavy atom. The summed E-state index contributed by atoms with van der Waals surface area (Å²) in [6, 6.07) is 19.2. The van der Waals surface area contributed by atoms with Crippen molar-refractivity contribution in [3.8, 4) is 17.6 Å². The summed E-state index contributed by atoms with van der Waals surface area (Å²) in [7, 11) is 0. The van der Waals surface area contributed by atoms with Crippen LogP contribution in [0.4, 0.5) is 5.69 Å². The molecule has 0 aliphatic heterocycles. The summed E-state index contributed by atoms with van der Waals surface area (Å²) < 4.78 is 0. The highest BCUT2D eigenvalue weighted by molar-refractivity contribution is 6.30. The van der Waals surface area contributed by atoms with Gasteiger partial charge in [-0.15, -0.1) is 0 Å². The van der Waals surface area contributed by atoms with Crippen molar-refractivity contribution in [2.45, 2.75) is 45.1 Å². The van der Waals surface area contributed by atoms with E-state index in [0.29, 0.717) is 29.6 Å². The molecule has 0 unspecified atom stereocenters. The Hall–Kier alpha value is -3.75. The maximum atomic E-state index is 13.3. The lowest BCUT2D eigenvalue weighted by Crippen LogP contribution is -2.30. The van der Waals surface area contributed by atoms with Crippen molar-refractivity contribution in [3.05, 3.63) is 94.0 Å². The van der Waals surface area contributed by atoms with Crippen LogP contribution in [-0.2, 0) is 11.3 Å². The maximum absolute atomic E-state index is 13.3. The Labute approximate surface area is 216 Å². The van der Waals surface area contributed by atoms with Crippen molar-refractivity contribution in [3.63, 3.8) is 0 Å². The Morgan fingerprint density at radius 2 is 1.53 bits per heavy atom. The molecule has 6 heteroatoms. The van der Waals surface area contributed by atoms with Crippen LogP contribution in [0.15, 0.2) is 66.7 Å². The number of halogens is 1. The summed E-state index contributed by atoms with van der Waals surface area (Å²) in [4.78, 5) is 26.2. The molecule has 36 heavy (non-hydrogen) atoms. The smallest absolute Gasteiger partial charge is 0.339 e. The van der Waals surface area contributed by atoms with Gasteiger partial charge >= 0.3 is 5.97 Å². The molecule has 0 atom stereocenters. The number of nitrogens with zero attached hydrogens (tertiary/aromatic N) is 1. The van der Waals surface area contributed by atoms with Crippen molar-refractivity contribution in [2.24, 2.45) is 5.92 Å². The van der Waals surface area contributed by atoms with Crippen LogP contribution >= 0.6 is 11.6 Å². The van der Waals surface area contributed by atoms with E-state index in [4.69, 9.17) is 11.6 Å². The molecule has 184 valence electrons. The van der Waals surface area contributed by atoms with Crippen LogP contribution in [0.2, 0.25) is 5.02 Å². The van der Waals surface area contributed by atoms with E-state index in [1.165, 1.54) is 37.8 Å². The molecule has 0 spiro atoms. The van der Waals surface area contributed by atoms with Crippen molar-refractivity contribution in [1.82, 2.24) is 0 Å². The average molecular weight is 502 g/mol. The zero-order chi connectivity index (χ0) is 25.5. The standard InChI is InChI=1S/C30H28ClNO4/c31-25-14-11-23(12-15-25)6-5-22-7-9-24(10-8-22)20-32(29(34)18-13-21-3-1-2-4-21)26-16-17-27(30(35)36)28(33)19-26/h7-12,14-17,19,21,33H,1-4,13,18,20H2,(H,35,36). The van der Waals surface area contributed by atoms with Crippen LogP contribution in [0.1, 0.15) is 65.6 Å². The van der Waals surface area contributed by atoms with Gasteiger partial charge in [0, 0.05) is 34.3 Å². The highest BCUT2D eigenvalue weighted by Crippen LogP contribution is 2.31. The van der Waals surface area contributed by atoms with Crippen LogP contribution in [0.25, 0.3) is 0 Å². The van der Waals surface area contributed by atoms with Crippen molar-refractivity contribution in [2.75, 3.05) is 4.90 Å². The van der Waals surface area contributed by atoms with E-state index < -0.39 is 5.97 Å². The molecule has 0 bridgehead atoms. The van der Waals surface area contributed by atoms with E-state index in [9.17, 15) is 19.8 Å². The molecule has 0 aromatic heterocycles. The van der Waals surface area contributed by atoms with Gasteiger partial charge in [0.1, 0.15) is 11.3 Å². The van der Waals surface area contributed by atoms with Gasteiger partial charge < -0.3 is 15.1 Å². The van der Waals surface area contributed by atoms with Gasteiger partial charge in [0.2, 0.25) is 5.91 Å². The summed E-state index contributed by atoms with van der Waals surface area (Å²) in [5.41, 5.74) is 2.90. The summed E-state index contributed by atoms with van der Waals surface area (Å²) in [6.07, 6.45) is 6.03. The molecule has 4 rings (SSSR count). The summed E-state index contributed by atoms with van der Waals surface area (Å²) in [5.74, 6) is 5.20. The molecule has 0 saturated heterocycles. The van der Waals surface area contributed by atoms with E-state index in [1.807, 2.05) is 36.4 Å². The van der Waals surface area contributed by atoms with E-state index in [-0.39, 0.29) is 17.2 Å². The van der Waals surface area contributed by atoms with Crippen LogP contribution in [0, 0.1) is 17.8 Å². The number of aromatic carboxylic acids is 1. The Balaban J connectivity index is 1.52. The topological polar surface area (TPSA) is 77.8 Å². The van der Waals surface area contributed by atoms with E-state index >= 15 is 0 Å². The molecule has 0 heterocycles. The van der Waals surface area contributed by atoms with E-state index in [1.54, 1.807) is 23.1 Å². The van der Waals surface area contributed by atoms with Crippen LogP contribution in [0.3, 0.4) is 0 Å². The third kappa shape index (κ3) is 6.68. The number of aromatic hydroxyl groups is 1. The quantitative estimate of drug-likeness (QED) is 0.355. The molecule has 1 amide bonds. The number of carbonyl (C=O) groups excluding carboxylic acids is 1. The number of carbonyl (C=O) groups is 2. The number of hydrogen-bond donors (Lipinski definition) is 2. The SMILES string of the molecule is O=C(O)c1ccc(N(Cc2ccc(C#Cc3ccc(Cl)cc3)cc2)C(=O)CCC2CCCC2)cc1O. The van der Waals surface area contributed by atoms with Crippen LogP contribution in [-0.4, -0.2) is 22.1 Å². The minimum atomic E-state index is -1.21. The molecule has 2 N–H and O–H groups in total. The molecule has 5 nitrogen and oxygen atoms in total. The first-order valence-electron chi connectivity index (χ1n) is 12.1. The van der Waals surface area contributed by atoms with Crippen LogP contribution in [0.5, 0.6) is 5.75 Å². The van der Waals surface area contributed by atoms with Gasteiger partial charge in [0.05, 0.1) is 6.54 Å². The number of amides is 1. The number of carboxylic acid groups (broad SMARTS) is 1. The molecule has 3 aromatic rings.